The normalized spacial score (nSPS) is 10.3. The molecule has 1 aromatic carbocycles. The predicted octanol–water partition coefficient (Wildman–Crippen LogP) is 2.57. The lowest BCUT2D eigenvalue weighted by molar-refractivity contribution is -0.116. The van der Waals surface area contributed by atoms with Crippen LogP contribution >= 0.6 is 0 Å². The van der Waals surface area contributed by atoms with Crippen molar-refractivity contribution >= 4 is 17.6 Å². The van der Waals surface area contributed by atoms with E-state index in [-0.39, 0.29) is 18.9 Å². The summed E-state index contributed by atoms with van der Waals surface area (Å²) >= 11 is 0. The van der Waals surface area contributed by atoms with Crippen LogP contribution in [0.25, 0.3) is 0 Å². The number of ether oxygens (including phenoxy) is 1. The molecule has 0 aliphatic carbocycles. The lowest BCUT2D eigenvalue weighted by Crippen LogP contribution is -2.22. The highest BCUT2D eigenvalue weighted by Gasteiger charge is 2.13. The maximum absolute atomic E-state index is 12.0. The van der Waals surface area contributed by atoms with Crippen LogP contribution in [-0.2, 0) is 16.1 Å². The molecule has 6 heteroatoms. The summed E-state index contributed by atoms with van der Waals surface area (Å²) < 4.78 is 10.2. The third-order valence-electron chi connectivity index (χ3n) is 3.10. The number of benzene rings is 1. The fourth-order valence-corrected chi connectivity index (χ4v) is 2.02. The fraction of sp³-hybridized carbons (Fsp3) is 0.294. The van der Waals surface area contributed by atoms with E-state index in [1.54, 1.807) is 37.5 Å². The second-order valence-electron chi connectivity index (χ2n) is 4.82. The van der Waals surface area contributed by atoms with E-state index in [4.69, 9.17) is 9.15 Å². The van der Waals surface area contributed by atoms with Crippen LogP contribution in [-0.4, -0.2) is 25.0 Å². The van der Waals surface area contributed by atoms with Crippen LogP contribution in [0.5, 0.6) is 0 Å². The van der Waals surface area contributed by atoms with Crippen LogP contribution in [0, 0.1) is 0 Å². The summed E-state index contributed by atoms with van der Waals surface area (Å²) in [5.41, 5.74) is 0.813. The summed E-state index contributed by atoms with van der Waals surface area (Å²) in [5.74, 6) is 0.200. The Bertz CT molecular complexity index is 638. The molecule has 23 heavy (non-hydrogen) atoms. The molecular weight excluding hydrogens is 296 g/mol. The SMILES string of the molecule is CCOC(=O)c1ccccc1NC(=O)CCNCc1ccco1. The first-order valence-electron chi connectivity index (χ1n) is 7.49. The first-order chi connectivity index (χ1) is 11.2. The van der Waals surface area contributed by atoms with Gasteiger partial charge in [0.05, 0.1) is 30.7 Å². The Kier molecular flexibility index (Phi) is 6.38. The van der Waals surface area contributed by atoms with Gasteiger partial charge >= 0.3 is 5.97 Å². The van der Waals surface area contributed by atoms with Crippen LogP contribution in [0.15, 0.2) is 47.1 Å². The molecule has 0 radical (unpaired) electrons. The van der Waals surface area contributed by atoms with Gasteiger partial charge in [0.2, 0.25) is 5.91 Å². The molecule has 2 aromatic rings. The topological polar surface area (TPSA) is 80.6 Å². The molecule has 6 nitrogen and oxygen atoms in total. The van der Waals surface area contributed by atoms with Gasteiger partial charge in [-0.15, -0.1) is 0 Å². The van der Waals surface area contributed by atoms with E-state index in [9.17, 15) is 9.59 Å². The lowest BCUT2D eigenvalue weighted by atomic mass is 10.1. The van der Waals surface area contributed by atoms with Crippen LogP contribution < -0.4 is 10.6 Å². The van der Waals surface area contributed by atoms with Crippen LogP contribution in [0.3, 0.4) is 0 Å². The first kappa shape index (κ1) is 16.8. The van der Waals surface area contributed by atoms with E-state index in [2.05, 4.69) is 10.6 Å². The molecule has 2 rings (SSSR count). The fourth-order valence-electron chi connectivity index (χ4n) is 2.02. The van der Waals surface area contributed by atoms with Crippen molar-refractivity contribution in [2.45, 2.75) is 19.9 Å². The number of carbonyl (C=O) groups is 2. The number of anilines is 1. The number of carbonyl (C=O) groups excluding carboxylic acids is 2. The largest absolute Gasteiger partial charge is 0.468 e. The van der Waals surface area contributed by atoms with E-state index >= 15 is 0 Å². The summed E-state index contributed by atoms with van der Waals surface area (Å²) in [5, 5.41) is 5.86. The van der Waals surface area contributed by atoms with Crippen molar-refractivity contribution < 1.29 is 18.7 Å². The number of nitrogens with one attached hydrogen (secondary N) is 2. The molecule has 1 aromatic heterocycles. The molecular formula is C17H20N2O4. The molecule has 0 fully saturated rings. The van der Waals surface area contributed by atoms with Crippen molar-refractivity contribution in [2.75, 3.05) is 18.5 Å². The number of furan rings is 1. The Labute approximate surface area is 134 Å². The summed E-state index contributed by atoms with van der Waals surface area (Å²) in [4.78, 5) is 23.8. The number of amides is 1. The zero-order chi connectivity index (χ0) is 16.5. The summed E-state index contributed by atoms with van der Waals surface area (Å²) in [6.45, 7) is 3.11. The number of para-hydroxylation sites is 1. The summed E-state index contributed by atoms with van der Waals surface area (Å²) in [7, 11) is 0. The smallest absolute Gasteiger partial charge is 0.340 e. The van der Waals surface area contributed by atoms with Crippen LogP contribution in [0.4, 0.5) is 5.69 Å². The van der Waals surface area contributed by atoms with Crippen molar-refractivity contribution in [2.24, 2.45) is 0 Å². The quantitative estimate of drug-likeness (QED) is 0.578. The van der Waals surface area contributed by atoms with E-state index in [0.29, 0.717) is 24.3 Å². The minimum Gasteiger partial charge on any atom is -0.468 e. The van der Waals surface area contributed by atoms with Gasteiger partial charge in [-0.05, 0) is 31.2 Å². The summed E-state index contributed by atoms with van der Waals surface area (Å²) in [6.07, 6.45) is 1.90. The lowest BCUT2D eigenvalue weighted by Gasteiger charge is -2.10. The van der Waals surface area contributed by atoms with E-state index < -0.39 is 5.97 Å². The van der Waals surface area contributed by atoms with Gasteiger partial charge in [-0.2, -0.15) is 0 Å². The molecule has 0 aliphatic rings. The maximum Gasteiger partial charge on any atom is 0.340 e. The van der Waals surface area contributed by atoms with Gasteiger partial charge in [-0.25, -0.2) is 4.79 Å². The van der Waals surface area contributed by atoms with Crippen molar-refractivity contribution in [3.8, 4) is 0 Å². The number of hydrogen-bond acceptors (Lipinski definition) is 5. The van der Waals surface area contributed by atoms with E-state index in [0.717, 1.165) is 5.76 Å². The molecule has 0 spiro atoms. The Balaban J connectivity index is 1.81. The highest BCUT2D eigenvalue weighted by molar-refractivity contribution is 6.01. The molecule has 0 saturated carbocycles. The Hall–Kier alpha value is -2.60. The van der Waals surface area contributed by atoms with Gasteiger partial charge < -0.3 is 19.8 Å². The average Bonchev–Trinajstić information content (AvgIpc) is 3.06. The van der Waals surface area contributed by atoms with Gasteiger partial charge in [0, 0.05) is 13.0 Å². The second kappa shape index (κ2) is 8.75. The monoisotopic (exact) mass is 316 g/mol. The van der Waals surface area contributed by atoms with Crippen molar-refractivity contribution in [1.29, 1.82) is 0 Å². The Morgan fingerprint density at radius 2 is 2.00 bits per heavy atom. The minimum atomic E-state index is -0.445. The van der Waals surface area contributed by atoms with Gasteiger partial charge in [0.25, 0.3) is 0 Å². The van der Waals surface area contributed by atoms with E-state index in [1.165, 1.54) is 0 Å². The van der Waals surface area contributed by atoms with Crippen molar-refractivity contribution in [3.05, 3.63) is 54.0 Å². The second-order valence-corrected chi connectivity index (χ2v) is 4.82. The zero-order valence-corrected chi connectivity index (χ0v) is 13.0. The first-order valence-corrected chi connectivity index (χ1v) is 7.49. The number of rotatable bonds is 8. The molecule has 0 bridgehead atoms. The Morgan fingerprint density at radius 1 is 1.17 bits per heavy atom. The molecule has 0 aliphatic heterocycles. The highest BCUT2D eigenvalue weighted by Crippen LogP contribution is 2.16. The molecule has 122 valence electrons. The van der Waals surface area contributed by atoms with Gasteiger partial charge in [-0.1, -0.05) is 12.1 Å². The molecule has 2 N–H and O–H groups in total. The third-order valence-corrected chi connectivity index (χ3v) is 3.10. The molecule has 1 amide bonds. The van der Waals surface area contributed by atoms with Gasteiger partial charge in [-0.3, -0.25) is 4.79 Å². The zero-order valence-electron chi connectivity index (χ0n) is 13.0. The third kappa shape index (κ3) is 5.27. The highest BCUT2D eigenvalue weighted by atomic mass is 16.5. The maximum atomic E-state index is 12.0. The van der Waals surface area contributed by atoms with Gasteiger partial charge in [0.15, 0.2) is 0 Å². The van der Waals surface area contributed by atoms with Crippen molar-refractivity contribution in [3.63, 3.8) is 0 Å². The standard InChI is InChI=1S/C17H20N2O4/c1-2-22-17(21)14-7-3-4-8-15(14)19-16(20)9-10-18-12-13-6-5-11-23-13/h3-8,11,18H,2,9-10,12H2,1H3,(H,19,20). The molecule has 0 atom stereocenters. The molecule has 0 unspecified atom stereocenters. The minimum absolute atomic E-state index is 0.173. The summed E-state index contributed by atoms with van der Waals surface area (Å²) in [6, 6.07) is 10.5. The average molecular weight is 316 g/mol. The van der Waals surface area contributed by atoms with Crippen molar-refractivity contribution in [1.82, 2.24) is 5.32 Å². The van der Waals surface area contributed by atoms with Crippen LogP contribution in [0.1, 0.15) is 29.5 Å². The molecule has 1 heterocycles. The van der Waals surface area contributed by atoms with Crippen LogP contribution in [0.2, 0.25) is 0 Å². The molecule has 0 saturated heterocycles. The van der Waals surface area contributed by atoms with E-state index in [1.807, 2.05) is 12.1 Å². The Morgan fingerprint density at radius 3 is 2.74 bits per heavy atom. The predicted molar refractivity (Wildman–Crippen MR) is 86.1 cm³/mol. The number of hydrogen-bond donors (Lipinski definition) is 2. The van der Waals surface area contributed by atoms with Gasteiger partial charge in [0.1, 0.15) is 5.76 Å². The number of esters is 1.